The Morgan fingerprint density at radius 2 is 1.79 bits per heavy atom. The molecule has 28 heavy (non-hydrogen) atoms. The van der Waals surface area contributed by atoms with Crippen LogP contribution in [0.1, 0.15) is 28.9 Å². The van der Waals surface area contributed by atoms with Gasteiger partial charge in [-0.05, 0) is 42.8 Å². The summed E-state index contributed by atoms with van der Waals surface area (Å²) in [6, 6.07) is 7.86. The number of hydrogen-bond donors (Lipinski definition) is 2. The highest BCUT2D eigenvalue weighted by molar-refractivity contribution is 9.10. The Bertz CT molecular complexity index is 923. The van der Waals surface area contributed by atoms with E-state index in [0.29, 0.717) is 35.3 Å². The van der Waals surface area contributed by atoms with Crippen LogP contribution in [0.2, 0.25) is 10.0 Å². The molecule has 0 fully saturated rings. The Morgan fingerprint density at radius 3 is 2.46 bits per heavy atom. The highest BCUT2D eigenvalue weighted by Crippen LogP contribution is 2.37. The van der Waals surface area contributed by atoms with Crippen molar-refractivity contribution in [2.75, 3.05) is 19.8 Å². The monoisotopic (exact) mass is 486 g/mol. The highest BCUT2D eigenvalue weighted by atomic mass is 79.9. The minimum Gasteiger partial charge on any atom is -0.486 e. The van der Waals surface area contributed by atoms with Gasteiger partial charge in [0, 0.05) is 10.0 Å². The van der Waals surface area contributed by atoms with Crippen LogP contribution in [0, 0.1) is 0 Å². The third-order valence-corrected chi connectivity index (χ3v) is 5.52. The topological polar surface area (TPSA) is 76.7 Å². The van der Waals surface area contributed by atoms with E-state index in [0.717, 1.165) is 10.0 Å². The van der Waals surface area contributed by atoms with Crippen LogP contribution in [0.5, 0.6) is 11.5 Å². The molecule has 1 unspecified atom stereocenters. The van der Waals surface area contributed by atoms with E-state index in [9.17, 15) is 9.59 Å². The Morgan fingerprint density at radius 1 is 1.11 bits per heavy atom. The minimum absolute atomic E-state index is 0.175. The van der Waals surface area contributed by atoms with Gasteiger partial charge in [0.05, 0.1) is 22.6 Å². The lowest BCUT2D eigenvalue weighted by molar-refractivity contribution is -0.120. The fourth-order valence-electron chi connectivity index (χ4n) is 2.68. The molecule has 1 heterocycles. The van der Waals surface area contributed by atoms with Crippen LogP contribution in [-0.4, -0.2) is 31.6 Å². The van der Waals surface area contributed by atoms with Crippen LogP contribution in [0.4, 0.5) is 0 Å². The van der Waals surface area contributed by atoms with Gasteiger partial charge in [0.1, 0.15) is 13.2 Å². The van der Waals surface area contributed by atoms with E-state index in [-0.39, 0.29) is 23.5 Å². The van der Waals surface area contributed by atoms with E-state index in [2.05, 4.69) is 26.6 Å². The first-order chi connectivity index (χ1) is 13.3. The Labute approximate surface area is 180 Å². The van der Waals surface area contributed by atoms with E-state index < -0.39 is 5.91 Å². The smallest absolute Gasteiger partial charge is 0.251 e. The molecular weight excluding hydrogens is 471 g/mol. The summed E-state index contributed by atoms with van der Waals surface area (Å²) in [5.74, 6) is 0.553. The molecule has 148 valence electrons. The average Bonchev–Trinajstić information content (AvgIpc) is 2.67. The molecule has 9 heteroatoms. The zero-order valence-corrected chi connectivity index (χ0v) is 18.0. The van der Waals surface area contributed by atoms with Gasteiger partial charge in [-0.3, -0.25) is 9.59 Å². The molecule has 0 radical (unpaired) electrons. The second-order valence-electron chi connectivity index (χ2n) is 6.12. The maximum Gasteiger partial charge on any atom is 0.251 e. The minimum atomic E-state index is -0.415. The lowest BCUT2D eigenvalue weighted by Gasteiger charge is -2.22. The molecule has 2 N–H and O–H groups in total. The number of halogens is 3. The number of nitrogens with one attached hydrogen (secondary N) is 2. The van der Waals surface area contributed by atoms with Crippen molar-refractivity contribution >= 4 is 50.9 Å². The van der Waals surface area contributed by atoms with Gasteiger partial charge in [-0.25, -0.2) is 0 Å². The predicted octanol–water partition coefficient (Wildman–Crippen LogP) is 4.13. The normalized spacial score (nSPS) is 13.6. The third-order valence-electron chi connectivity index (χ3n) is 4.10. The van der Waals surface area contributed by atoms with E-state index in [4.69, 9.17) is 32.7 Å². The molecule has 0 aliphatic carbocycles. The Balaban J connectivity index is 1.58. The number of carbonyl (C=O) groups is 2. The lowest BCUT2D eigenvalue weighted by Crippen LogP contribution is -2.38. The molecule has 1 aliphatic rings. The lowest BCUT2D eigenvalue weighted by atomic mass is 10.1. The van der Waals surface area contributed by atoms with Crippen molar-refractivity contribution in [2.24, 2.45) is 0 Å². The van der Waals surface area contributed by atoms with Crippen molar-refractivity contribution in [3.63, 3.8) is 0 Å². The molecule has 0 aromatic heterocycles. The molecule has 1 atom stereocenters. The van der Waals surface area contributed by atoms with Crippen molar-refractivity contribution < 1.29 is 19.1 Å². The summed E-state index contributed by atoms with van der Waals surface area (Å²) in [6.45, 7) is 2.65. The Kier molecular flexibility index (Phi) is 6.69. The molecule has 1 aliphatic heterocycles. The van der Waals surface area contributed by atoms with E-state index in [1.54, 1.807) is 0 Å². The molecule has 3 rings (SSSR count). The first-order valence-corrected chi connectivity index (χ1v) is 10.0. The van der Waals surface area contributed by atoms with E-state index >= 15 is 0 Å². The first kappa shape index (κ1) is 20.8. The summed E-state index contributed by atoms with van der Waals surface area (Å²) in [6.07, 6.45) is 0. The fraction of sp³-hybridized carbons (Fsp3) is 0.263. The van der Waals surface area contributed by atoms with Crippen molar-refractivity contribution in [3.8, 4) is 11.5 Å². The average molecular weight is 488 g/mol. The SMILES string of the molecule is CC(NC(=O)CNC(=O)c1ccc(Cl)c(Cl)c1)c1cc2c(cc1Br)OCCO2. The summed E-state index contributed by atoms with van der Waals surface area (Å²) < 4.78 is 11.9. The molecule has 6 nitrogen and oxygen atoms in total. The van der Waals surface area contributed by atoms with Crippen molar-refractivity contribution in [2.45, 2.75) is 13.0 Å². The zero-order chi connectivity index (χ0) is 20.3. The van der Waals surface area contributed by atoms with Gasteiger partial charge >= 0.3 is 0 Å². The molecule has 2 aromatic rings. The zero-order valence-electron chi connectivity index (χ0n) is 14.9. The van der Waals surface area contributed by atoms with Gasteiger partial charge in [-0.2, -0.15) is 0 Å². The van der Waals surface area contributed by atoms with Gasteiger partial charge in [-0.15, -0.1) is 0 Å². The summed E-state index contributed by atoms with van der Waals surface area (Å²) in [7, 11) is 0. The predicted molar refractivity (Wildman–Crippen MR) is 110 cm³/mol. The van der Waals surface area contributed by atoms with Crippen molar-refractivity contribution in [1.82, 2.24) is 10.6 Å². The Hall–Kier alpha value is -1.96. The quantitative estimate of drug-likeness (QED) is 0.664. The van der Waals surface area contributed by atoms with Crippen LogP contribution >= 0.6 is 39.1 Å². The van der Waals surface area contributed by atoms with Crippen LogP contribution < -0.4 is 20.1 Å². The number of ether oxygens (including phenoxy) is 2. The number of amides is 2. The molecule has 0 saturated heterocycles. The fourth-order valence-corrected chi connectivity index (χ4v) is 3.65. The second-order valence-corrected chi connectivity index (χ2v) is 7.79. The van der Waals surface area contributed by atoms with Crippen LogP contribution in [0.3, 0.4) is 0 Å². The number of benzene rings is 2. The molecule has 0 bridgehead atoms. The summed E-state index contributed by atoms with van der Waals surface area (Å²) in [5, 5.41) is 6.03. The van der Waals surface area contributed by atoms with Gasteiger partial charge in [0.15, 0.2) is 11.5 Å². The highest BCUT2D eigenvalue weighted by Gasteiger charge is 2.19. The largest absolute Gasteiger partial charge is 0.486 e. The molecule has 2 amide bonds. The molecule has 0 spiro atoms. The number of rotatable bonds is 5. The molecule has 0 saturated carbocycles. The standard InChI is InChI=1S/C19H17BrCl2N2O4/c1-10(12-7-16-17(8-13(12)20)28-5-4-27-16)24-18(25)9-23-19(26)11-2-3-14(21)15(22)6-11/h2-3,6-8,10H,4-5,9H2,1H3,(H,23,26)(H,24,25). The van der Waals surface area contributed by atoms with Gasteiger partial charge in [0.25, 0.3) is 5.91 Å². The van der Waals surface area contributed by atoms with Gasteiger partial charge in [0.2, 0.25) is 5.91 Å². The summed E-state index contributed by atoms with van der Waals surface area (Å²) in [4.78, 5) is 24.4. The van der Waals surface area contributed by atoms with Gasteiger partial charge < -0.3 is 20.1 Å². The van der Waals surface area contributed by atoms with Crippen molar-refractivity contribution in [3.05, 3.63) is 56.0 Å². The summed E-state index contributed by atoms with van der Waals surface area (Å²) >= 11 is 15.2. The maximum absolute atomic E-state index is 12.2. The van der Waals surface area contributed by atoms with Crippen molar-refractivity contribution in [1.29, 1.82) is 0 Å². The third kappa shape index (κ3) is 4.90. The van der Waals surface area contributed by atoms with Crippen LogP contribution in [0.15, 0.2) is 34.8 Å². The van der Waals surface area contributed by atoms with E-state index in [1.807, 2.05) is 19.1 Å². The van der Waals surface area contributed by atoms with Crippen LogP contribution in [-0.2, 0) is 4.79 Å². The molecular formula is C19H17BrCl2N2O4. The van der Waals surface area contributed by atoms with E-state index in [1.165, 1.54) is 18.2 Å². The number of fused-ring (bicyclic) bond motifs is 1. The van der Waals surface area contributed by atoms with Gasteiger partial charge in [-0.1, -0.05) is 39.1 Å². The summed E-state index contributed by atoms with van der Waals surface area (Å²) in [5.41, 5.74) is 1.17. The second kappa shape index (κ2) is 9.03. The number of carbonyl (C=O) groups excluding carboxylic acids is 2. The van der Waals surface area contributed by atoms with Crippen LogP contribution in [0.25, 0.3) is 0 Å². The molecule has 2 aromatic carbocycles. The number of hydrogen-bond acceptors (Lipinski definition) is 4. The maximum atomic E-state index is 12.2. The first-order valence-electron chi connectivity index (χ1n) is 8.47.